The maximum atomic E-state index is 8.93. The average Bonchev–Trinajstić information content (AvgIpc) is 2.35. The number of para-hydroxylation sites is 2. The molecular formula is C12H11N3O. The fourth-order valence-electron chi connectivity index (χ4n) is 2.08. The number of oxime groups is 1. The highest BCUT2D eigenvalue weighted by Gasteiger charge is 2.19. The molecule has 0 unspecified atom stereocenters. The third kappa shape index (κ3) is 1.34. The first-order valence-corrected chi connectivity index (χ1v) is 5.35. The molecule has 1 N–H and O–H groups in total. The van der Waals surface area contributed by atoms with Gasteiger partial charge in [0.15, 0.2) is 0 Å². The second kappa shape index (κ2) is 3.56. The number of aryl methyl sites for hydroxylation is 1. The van der Waals surface area contributed by atoms with Crippen LogP contribution < -0.4 is 0 Å². The number of nitrogens with zero attached hydrogens (tertiary/aromatic N) is 3. The molecule has 1 aliphatic rings. The minimum absolute atomic E-state index is 0.652. The lowest BCUT2D eigenvalue weighted by atomic mass is 9.98. The van der Waals surface area contributed by atoms with Gasteiger partial charge in [-0.1, -0.05) is 17.3 Å². The van der Waals surface area contributed by atoms with Crippen LogP contribution in [0, 0.1) is 0 Å². The summed E-state index contributed by atoms with van der Waals surface area (Å²) in [6.45, 7) is 0. The van der Waals surface area contributed by atoms with Crippen LogP contribution >= 0.6 is 0 Å². The third-order valence-corrected chi connectivity index (χ3v) is 2.86. The zero-order valence-corrected chi connectivity index (χ0v) is 8.72. The van der Waals surface area contributed by atoms with Crippen molar-refractivity contribution in [1.82, 2.24) is 9.97 Å². The Morgan fingerprint density at radius 2 is 1.81 bits per heavy atom. The van der Waals surface area contributed by atoms with Crippen molar-refractivity contribution in [2.75, 3.05) is 0 Å². The number of hydrogen-bond acceptors (Lipinski definition) is 4. The van der Waals surface area contributed by atoms with Crippen LogP contribution in [-0.2, 0) is 6.42 Å². The minimum atomic E-state index is 0.652. The van der Waals surface area contributed by atoms with E-state index in [1.807, 2.05) is 24.3 Å². The Morgan fingerprint density at radius 3 is 2.56 bits per heavy atom. The lowest BCUT2D eigenvalue weighted by Crippen LogP contribution is -2.16. The Labute approximate surface area is 92.6 Å². The number of rotatable bonds is 0. The third-order valence-electron chi connectivity index (χ3n) is 2.86. The molecule has 4 heteroatoms. The zero-order valence-electron chi connectivity index (χ0n) is 8.72. The predicted octanol–water partition coefficient (Wildman–Crippen LogP) is 2.14. The van der Waals surface area contributed by atoms with E-state index in [1.54, 1.807) is 0 Å². The molecule has 3 rings (SSSR count). The standard InChI is InChI=1S/C12H11N3O/c16-15-11-7-3-6-10-12(11)14-9-5-2-1-4-8(9)13-10/h1-2,4-5,16H,3,6-7H2/b15-11-. The zero-order chi connectivity index (χ0) is 11.0. The maximum Gasteiger partial charge on any atom is 0.110 e. The van der Waals surface area contributed by atoms with Crippen molar-refractivity contribution < 1.29 is 5.21 Å². The Bertz CT molecular complexity index is 577. The van der Waals surface area contributed by atoms with Crippen molar-refractivity contribution in [2.24, 2.45) is 5.16 Å². The molecule has 0 fully saturated rings. The Morgan fingerprint density at radius 1 is 1.06 bits per heavy atom. The topological polar surface area (TPSA) is 58.4 Å². The largest absolute Gasteiger partial charge is 0.411 e. The Hall–Kier alpha value is -1.97. The van der Waals surface area contributed by atoms with Crippen LogP contribution in [0.4, 0.5) is 0 Å². The van der Waals surface area contributed by atoms with E-state index in [0.29, 0.717) is 5.71 Å². The van der Waals surface area contributed by atoms with Gasteiger partial charge in [-0.15, -0.1) is 0 Å². The number of aromatic nitrogens is 2. The monoisotopic (exact) mass is 213 g/mol. The van der Waals surface area contributed by atoms with Crippen LogP contribution in [-0.4, -0.2) is 20.9 Å². The molecule has 0 saturated heterocycles. The van der Waals surface area contributed by atoms with Gasteiger partial charge in [0.1, 0.15) is 11.4 Å². The summed E-state index contributed by atoms with van der Waals surface area (Å²) in [5.74, 6) is 0. The number of fused-ring (bicyclic) bond motifs is 2. The van der Waals surface area contributed by atoms with Crippen molar-refractivity contribution in [2.45, 2.75) is 19.3 Å². The normalized spacial score (nSPS) is 17.6. The molecular weight excluding hydrogens is 202 g/mol. The van der Waals surface area contributed by atoms with Crippen LogP contribution in [0.2, 0.25) is 0 Å². The van der Waals surface area contributed by atoms with E-state index in [4.69, 9.17) is 5.21 Å². The van der Waals surface area contributed by atoms with Gasteiger partial charge in [0.2, 0.25) is 0 Å². The van der Waals surface area contributed by atoms with Crippen LogP contribution in [0.25, 0.3) is 11.0 Å². The second-order valence-electron chi connectivity index (χ2n) is 3.91. The van der Waals surface area contributed by atoms with Gasteiger partial charge in [-0.3, -0.25) is 0 Å². The molecule has 0 saturated carbocycles. The van der Waals surface area contributed by atoms with E-state index in [0.717, 1.165) is 41.7 Å². The highest BCUT2D eigenvalue weighted by atomic mass is 16.4. The molecule has 0 radical (unpaired) electrons. The summed E-state index contributed by atoms with van der Waals surface area (Å²) in [5.41, 5.74) is 4.11. The van der Waals surface area contributed by atoms with Crippen LogP contribution in [0.1, 0.15) is 24.2 Å². The van der Waals surface area contributed by atoms with Gasteiger partial charge in [-0.2, -0.15) is 0 Å². The summed E-state index contributed by atoms with van der Waals surface area (Å²) in [7, 11) is 0. The second-order valence-corrected chi connectivity index (χ2v) is 3.91. The van der Waals surface area contributed by atoms with E-state index >= 15 is 0 Å². The molecule has 0 spiro atoms. The molecule has 1 aromatic heterocycles. The molecule has 0 aliphatic heterocycles. The van der Waals surface area contributed by atoms with Crippen molar-refractivity contribution in [3.05, 3.63) is 35.7 Å². The average molecular weight is 213 g/mol. The van der Waals surface area contributed by atoms with Gasteiger partial charge in [0.25, 0.3) is 0 Å². The van der Waals surface area contributed by atoms with Gasteiger partial charge >= 0.3 is 0 Å². The highest BCUT2D eigenvalue weighted by Crippen LogP contribution is 2.21. The van der Waals surface area contributed by atoms with Crippen molar-refractivity contribution >= 4 is 16.7 Å². The molecule has 0 atom stereocenters. The summed E-state index contributed by atoms with van der Waals surface area (Å²) < 4.78 is 0. The van der Waals surface area contributed by atoms with Crippen LogP contribution in [0.15, 0.2) is 29.4 Å². The van der Waals surface area contributed by atoms with Crippen molar-refractivity contribution in [3.63, 3.8) is 0 Å². The Kier molecular flexibility index (Phi) is 2.06. The molecule has 16 heavy (non-hydrogen) atoms. The lowest BCUT2D eigenvalue weighted by Gasteiger charge is -2.15. The summed E-state index contributed by atoms with van der Waals surface area (Å²) in [6.07, 6.45) is 2.65. The highest BCUT2D eigenvalue weighted by molar-refractivity contribution is 6.01. The van der Waals surface area contributed by atoms with E-state index in [-0.39, 0.29) is 0 Å². The minimum Gasteiger partial charge on any atom is -0.411 e. The van der Waals surface area contributed by atoms with E-state index in [1.165, 1.54) is 0 Å². The first-order valence-electron chi connectivity index (χ1n) is 5.35. The molecule has 0 amide bonds. The lowest BCUT2D eigenvalue weighted by molar-refractivity contribution is 0.317. The van der Waals surface area contributed by atoms with Crippen LogP contribution in [0.5, 0.6) is 0 Å². The van der Waals surface area contributed by atoms with Crippen molar-refractivity contribution in [3.8, 4) is 0 Å². The molecule has 0 bridgehead atoms. The van der Waals surface area contributed by atoms with E-state index < -0.39 is 0 Å². The quantitative estimate of drug-likeness (QED) is 0.538. The van der Waals surface area contributed by atoms with Gasteiger partial charge in [0, 0.05) is 0 Å². The summed E-state index contributed by atoms with van der Waals surface area (Å²) >= 11 is 0. The van der Waals surface area contributed by atoms with Gasteiger partial charge in [-0.25, -0.2) is 9.97 Å². The van der Waals surface area contributed by atoms with Gasteiger partial charge in [0.05, 0.1) is 16.7 Å². The van der Waals surface area contributed by atoms with Crippen LogP contribution in [0.3, 0.4) is 0 Å². The number of benzene rings is 1. The first-order chi connectivity index (χ1) is 7.88. The molecule has 80 valence electrons. The van der Waals surface area contributed by atoms with Gasteiger partial charge < -0.3 is 5.21 Å². The first kappa shape index (κ1) is 9.27. The molecule has 1 heterocycles. The fraction of sp³-hybridized carbons (Fsp3) is 0.250. The summed E-state index contributed by atoms with van der Waals surface area (Å²) in [5, 5.41) is 12.2. The van der Waals surface area contributed by atoms with Gasteiger partial charge in [-0.05, 0) is 31.4 Å². The van der Waals surface area contributed by atoms with Crippen molar-refractivity contribution in [1.29, 1.82) is 0 Å². The summed E-state index contributed by atoms with van der Waals surface area (Å²) in [4.78, 5) is 9.07. The Balaban J connectivity index is 2.29. The van der Waals surface area contributed by atoms with E-state index in [9.17, 15) is 0 Å². The summed E-state index contributed by atoms with van der Waals surface area (Å²) in [6, 6.07) is 7.76. The smallest absolute Gasteiger partial charge is 0.110 e. The number of hydrogen-bond donors (Lipinski definition) is 1. The molecule has 1 aromatic carbocycles. The SMILES string of the molecule is O/N=C1/CCCc2nc3ccccc3nc21. The predicted molar refractivity (Wildman–Crippen MR) is 60.8 cm³/mol. The molecule has 4 nitrogen and oxygen atoms in total. The molecule has 1 aliphatic carbocycles. The maximum absolute atomic E-state index is 8.93. The van der Waals surface area contributed by atoms with E-state index in [2.05, 4.69) is 15.1 Å². The molecule has 2 aromatic rings. The fourth-order valence-corrected chi connectivity index (χ4v) is 2.08.